The summed E-state index contributed by atoms with van der Waals surface area (Å²) in [6.07, 6.45) is -0.532. The molecule has 0 aromatic heterocycles. The van der Waals surface area contributed by atoms with Gasteiger partial charge in [-0.3, -0.25) is 14.9 Å². The first-order valence-electron chi connectivity index (χ1n) is 7.84. The molecule has 1 saturated heterocycles. The van der Waals surface area contributed by atoms with E-state index in [-0.39, 0.29) is 12.3 Å². The van der Waals surface area contributed by atoms with Crippen LogP contribution in [0.4, 0.5) is 8.78 Å². The topological polar surface area (TPSA) is 102 Å². The summed E-state index contributed by atoms with van der Waals surface area (Å²) in [6.45, 7) is -0.377. The minimum atomic E-state index is -3.63. The average Bonchev–Trinajstić information content (AvgIpc) is 2.93. The fourth-order valence-electron chi connectivity index (χ4n) is 2.51. The van der Waals surface area contributed by atoms with Gasteiger partial charge < -0.3 is 10.1 Å². The van der Waals surface area contributed by atoms with Crippen LogP contribution < -0.4 is 10.6 Å². The van der Waals surface area contributed by atoms with Gasteiger partial charge in [0.05, 0.1) is 25.4 Å². The molecule has 1 heterocycles. The van der Waals surface area contributed by atoms with Crippen LogP contribution in [0.1, 0.15) is 17.5 Å². The molecule has 1 aliphatic rings. The van der Waals surface area contributed by atoms with Crippen molar-refractivity contribution in [1.82, 2.24) is 10.6 Å². The van der Waals surface area contributed by atoms with Crippen molar-refractivity contribution in [1.29, 1.82) is 0 Å². The van der Waals surface area contributed by atoms with E-state index in [2.05, 4.69) is 15.4 Å². The second-order valence-electron chi connectivity index (χ2n) is 6.14. The third-order valence-electron chi connectivity index (χ3n) is 3.87. The molecule has 0 aliphatic carbocycles. The lowest BCUT2D eigenvalue weighted by atomic mass is 10.1. The summed E-state index contributed by atoms with van der Waals surface area (Å²) in [6, 6.07) is 5.46. The number of esters is 1. The Labute approximate surface area is 150 Å². The first-order chi connectivity index (χ1) is 12.1. The number of rotatable bonds is 7. The number of halogens is 2. The van der Waals surface area contributed by atoms with Crippen LogP contribution in [0.2, 0.25) is 0 Å². The van der Waals surface area contributed by atoms with Crippen molar-refractivity contribution in [3.63, 3.8) is 0 Å². The quantitative estimate of drug-likeness (QED) is 0.653. The Balaban J connectivity index is 1.86. The van der Waals surface area contributed by atoms with E-state index in [4.69, 9.17) is 0 Å². The van der Waals surface area contributed by atoms with Crippen LogP contribution in [0.25, 0.3) is 0 Å². The summed E-state index contributed by atoms with van der Waals surface area (Å²) in [7, 11) is -2.52. The molecule has 2 rings (SSSR count). The highest BCUT2D eigenvalue weighted by molar-refractivity contribution is 7.91. The average molecular weight is 390 g/mol. The van der Waals surface area contributed by atoms with Gasteiger partial charge in [-0.2, -0.15) is 0 Å². The van der Waals surface area contributed by atoms with Crippen molar-refractivity contribution >= 4 is 21.7 Å². The molecule has 1 fully saturated rings. The van der Waals surface area contributed by atoms with Gasteiger partial charge in [-0.25, -0.2) is 17.2 Å². The molecule has 1 unspecified atom stereocenters. The molecule has 0 radical (unpaired) electrons. The van der Waals surface area contributed by atoms with Crippen molar-refractivity contribution in [2.24, 2.45) is 0 Å². The van der Waals surface area contributed by atoms with Gasteiger partial charge in [0.1, 0.15) is 5.75 Å². The molecule has 7 nitrogen and oxygen atoms in total. The van der Waals surface area contributed by atoms with E-state index in [0.29, 0.717) is 11.1 Å². The fraction of sp³-hybridized carbons (Fsp3) is 0.500. The van der Waals surface area contributed by atoms with Gasteiger partial charge >= 0.3 is 5.97 Å². The smallest absolute Gasteiger partial charge is 0.320 e. The normalized spacial score (nSPS) is 19.1. The van der Waals surface area contributed by atoms with E-state index in [9.17, 15) is 26.8 Å². The number of carbonyl (C=O) groups excluding carboxylic acids is 2. The summed E-state index contributed by atoms with van der Waals surface area (Å²) in [5.41, 5.74) is 1.18. The Morgan fingerprint density at radius 3 is 2.42 bits per heavy atom. The number of ether oxygens (including phenoxy) is 1. The zero-order valence-electron chi connectivity index (χ0n) is 14.1. The van der Waals surface area contributed by atoms with Crippen LogP contribution in [-0.2, 0) is 36.5 Å². The van der Waals surface area contributed by atoms with Gasteiger partial charge in [0.15, 0.2) is 9.84 Å². The number of hydrogen-bond acceptors (Lipinski definition) is 6. The Hall–Kier alpha value is -2.07. The maximum Gasteiger partial charge on any atom is 0.320 e. The third-order valence-corrected chi connectivity index (χ3v) is 5.32. The highest BCUT2D eigenvalue weighted by atomic mass is 32.2. The lowest BCUT2D eigenvalue weighted by Crippen LogP contribution is -2.40. The molecule has 2 N–H and O–H groups in total. The molecule has 1 aromatic rings. The van der Waals surface area contributed by atoms with Crippen LogP contribution in [0.15, 0.2) is 24.3 Å². The monoisotopic (exact) mass is 390 g/mol. The van der Waals surface area contributed by atoms with Crippen molar-refractivity contribution < 1.29 is 31.5 Å². The molecule has 1 aromatic carbocycles. The first-order valence-corrected chi connectivity index (χ1v) is 9.66. The highest BCUT2D eigenvalue weighted by Gasteiger charge is 2.42. The summed E-state index contributed by atoms with van der Waals surface area (Å²) < 4.78 is 54.2. The van der Waals surface area contributed by atoms with E-state index < -0.39 is 52.4 Å². The summed E-state index contributed by atoms with van der Waals surface area (Å²) in [4.78, 5) is 22.9. The number of hydrogen-bond donors (Lipinski definition) is 2. The minimum Gasteiger partial charge on any atom is -0.468 e. The van der Waals surface area contributed by atoms with Crippen molar-refractivity contribution in [3.05, 3.63) is 35.4 Å². The molecular formula is C16H20F2N2O5S. The van der Waals surface area contributed by atoms with Gasteiger partial charge in [-0.1, -0.05) is 24.3 Å². The molecule has 144 valence electrons. The Bertz CT molecular complexity index is 765. The van der Waals surface area contributed by atoms with E-state index >= 15 is 0 Å². The molecule has 26 heavy (non-hydrogen) atoms. The van der Waals surface area contributed by atoms with E-state index in [1.165, 1.54) is 0 Å². The number of amides is 1. The van der Waals surface area contributed by atoms with Crippen LogP contribution in [0.5, 0.6) is 0 Å². The Kier molecular flexibility index (Phi) is 6.30. The predicted octanol–water partition coefficient (Wildman–Crippen LogP) is 0.388. The van der Waals surface area contributed by atoms with Crippen LogP contribution in [0, 0.1) is 0 Å². The van der Waals surface area contributed by atoms with Crippen LogP contribution in [0.3, 0.4) is 0 Å². The minimum absolute atomic E-state index is 0.137. The maximum absolute atomic E-state index is 13.1. The van der Waals surface area contributed by atoms with Gasteiger partial charge in [0, 0.05) is 13.0 Å². The Morgan fingerprint density at radius 2 is 1.88 bits per heavy atom. The highest BCUT2D eigenvalue weighted by Crippen LogP contribution is 2.25. The van der Waals surface area contributed by atoms with Gasteiger partial charge in [-0.05, 0) is 11.1 Å². The van der Waals surface area contributed by atoms with Crippen LogP contribution >= 0.6 is 0 Å². The maximum atomic E-state index is 13.1. The molecular weight excluding hydrogens is 370 g/mol. The van der Waals surface area contributed by atoms with Crippen molar-refractivity contribution in [3.8, 4) is 0 Å². The summed E-state index contributed by atoms with van der Waals surface area (Å²) >= 11 is 0. The molecule has 1 aliphatic heterocycles. The van der Waals surface area contributed by atoms with Crippen LogP contribution in [-0.4, -0.2) is 51.7 Å². The largest absolute Gasteiger partial charge is 0.468 e. The number of carbonyl (C=O) groups is 2. The number of methoxy groups -OCH3 is 1. The molecule has 10 heteroatoms. The van der Waals surface area contributed by atoms with E-state index in [1.54, 1.807) is 24.3 Å². The van der Waals surface area contributed by atoms with Crippen molar-refractivity contribution in [2.45, 2.75) is 30.7 Å². The SMILES string of the molecule is COC(=O)CS(=O)(=O)Cc1ccc(CNC(=O)C2CC(F)(F)CN2)cc1. The lowest BCUT2D eigenvalue weighted by molar-refractivity contribution is -0.137. The third kappa shape index (κ3) is 6.03. The van der Waals surface area contributed by atoms with Gasteiger partial charge in [-0.15, -0.1) is 0 Å². The number of nitrogens with one attached hydrogen (secondary N) is 2. The molecule has 1 atom stereocenters. The molecule has 1 amide bonds. The molecule has 0 spiro atoms. The summed E-state index contributed by atoms with van der Waals surface area (Å²) in [5, 5.41) is 5.04. The molecule has 0 bridgehead atoms. The number of sulfone groups is 1. The lowest BCUT2D eigenvalue weighted by Gasteiger charge is -2.11. The number of alkyl halides is 2. The second-order valence-corrected chi connectivity index (χ2v) is 8.20. The fourth-order valence-corrected chi connectivity index (χ4v) is 3.79. The van der Waals surface area contributed by atoms with Gasteiger partial charge in [0.25, 0.3) is 5.92 Å². The predicted molar refractivity (Wildman–Crippen MR) is 89.2 cm³/mol. The zero-order chi connectivity index (χ0) is 19.4. The number of benzene rings is 1. The first kappa shape index (κ1) is 20.2. The van der Waals surface area contributed by atoms with E-state index in [1.807, 2.05) is 0 Å². The summed E-state index contributed by atoms with van der Waals surface area (Å²) in [5.74, 6) is -5.21. The van der Waals surface area contributed by atoms with Gasteiger partial charge in [0.2, 0.25) is 5.91 Å². The molecule has 0 saturated carbocycles. The van der Waals surface area contributed by atoms with E-state index in [0.717, 1.165) is 7.11 Å². The second kappa shape index (κ2) is 8.09. The standard InChI is InChI=1S/C16H20F2N2O5S/c1-25-14(21)9-26(23,24)8-12-4-2-11(3-5-12)7-19-15(22)13-6-16(17,18)10-20-13/h2-5,13,20H,6-10H2,1H3,(H,19,22). The Morgan fingerprint density at radius 1 is 1.27 bits per heavy atom. The van der Waals surface area contributed by atoms with Crippen molar-refractivity contribution in [2.75, 3.05) is 19.4 Å². The zero-order valence-corrected chi connectivity index (χ0v) is 14.9.